The van der Waals surface area contributed by atoms with Crippen LogP contribution in [0.2, 0.25) is 0 Å². The minimum absolute atomic E-state index is 0.0941. The van der Waals surface area contributed by atoms with Crippen molar-refractivity contribution >= 4 is 16.7 Å². The first-order chi connectivity index (χ1) is 10.3. The van der Waals surface area contributed by atoms with Crippen LogP contribution in [0.3, 0.4) is 0 Å². The van der Waals surface area contributed by atoms with Gasteiger partial charge >= 0.3 is 0 Å². The van der Waals surface area contributed by atoms with E-state index in [1.807, 2.05) is 30.3 Å². The number of nitrogens with one attached hydrogen (secondary N) is 1. The predicted octanol–water partition coefficient (Wildman–Crippen LogP) is 2.78. The van der Waals surface area contributed by atoms with Crippen molar-refractivity contribution in [2.24, 2.45) is 5.92 Å². The third kappa shape index (κ3) is 3.58. The highest BCUT2D eigenvalue weighted by atomic mass is 16.5. The number of pyridine rings is 1. The fourth-order valence-electron chi connectivity index (χ4n) is 2.70. The Kier molecular flexibility index (Phi) is 4.46. The van der Waals surface area contributed by atoms with E-state index in [1.54, 1.807) is 6.20 Å². The summed E-state index contributed by atoms with van der Waals surface area (Å²) in [7, 11) is 0. The lowest BCUT2D eigenvalue weighted by atomic mass is 10.0. The molecule has 0 bridgehead atoms. The minimum atomic E-state index is -0.0941. The highest BCUT2D eigenvalue weighted by molar-refractivity contribution is 5.96. The second-order valence-corrected chi connectivity index (χ2v) is 5.54. The number of nitrogens with zero attached hydrogens (tertiary/aromatic N) is 1. The molecule has 0 aliphatic carbocycles. The van der Waals surface area contributed by atoms with Gasteiger partial charge in [0.1, 0.15) is 5.69 Å². The number of rotatable bonds is 5. The number of hydrogen-bond acceptors (Lipinski definition) is 3. The van der Waals surface area contributed by atoms with E-state index in [-0.39, 0.29) is 5.91 Å². The van der Waals surface area contributed by atoms with E-state index in [0.717, 1.165) is 43.2 Å². The summed E-state index contributed by atoms with van der Waals surface area (Å²) in [5, 5.41) is 5.04. The first-order valence-electron chi connectivity index (χ1n) is 7.53. The van der Waals surface area contributed by atoms with Gasteiger partial charge in [0, 0.05) is 31.3 Å². The van der Waals surface area contributed by atoms with Crippen molar-refractivity contribution in [3.63, 3.8) is 0 Å². The van der Waals surface area contributed by atoms with E-state index in [9.17, 15) is 4.79 Å². The van der Waals surface area contributed by atoms with Gasteiger partial charge in [-0.25, -0.2) is 0 Å². The molecule has 21 heavy (non-hydrogen) atoms. The number of carbonyl (C=O) groups is 1. The molecule has 1 aliphatic heterocycles. The van der Waals surface area contributed by atoms with Gasteiger partial charge < -0.3 is 10.1 Å². The summed E-state index contributed by atoms with van der Waals surface area (Å²) in [4.78, 5) is 16.3. The van der Waals surface area contributed by atoms with Gasteiger partial charge in [-0.2, -0.15) is 0 Å². The Balaban J connectivity index is 1.51. The molecule has 1 saturated heterocycles. The smallest absolute Gasteiger partial charge is 0.269 e. The van der Waals surface area contributed by atoms with E-state index in [2.05, 4.69) is 10.3 Å². The molecule has 110 valence electrons. The van der Waals surface area contributed by atoms with Crippen LogP contribution in [0.25, 0.3) is 10.8 Å². The fourth-order valence-corrected chi connectivity index (χ4v) is 2.70. The zero-order chi connectivity index (χ0) is 14.5. The molecule has 1 fully saturated rings. The standard InChI is InChI=1S/C17H20N2O2/c20-17(18-8-3-4-13-7-9-21-12-13)16-10-14-5-1-2-6-15(14)11-19-16/h1-2,5-6,10-11,13H,3-4,7-9,12H2,(H,18,20)/t13-/m1/s1. The van der Waals surface area contributed by atoms with Gasteiger partial charge in [0.05, 0.1) is 0 Å². The number of benzene rings is 1. The summed E-state index contributed by atoms with van der Waals surface area (Å²) < 4.78 is 5.35. The van der Waals surface area contributed by atoms with Gasteiger partial charge in [0.25, 0.3) is 5.91 Å². The van der Waals surface area contributed by atoms with Crippen molar-refractivity contribution in [1.29, 1.82) is 0 Å². The Labute approximate surface area is 124 Å². The molecular weight excluding hydrogens is 264 g/mol. The number of fused-ring (bicyclic) bond motifs is 1. The summed E-state index contributed by atoms with van der Waals surface area (Å²) in [6.07, 6.45) is 5.01. The lowest BCUT2D eigenvalue weighted by Crippen LogP contribution is -2.25. The van der Waals surface area contributed by atoms with Crippen LogP contribution in [-0.2, 0) is 4.74 Å². The van der Waals surface area contributed by atoms with Crippen LogP contribution in [0.5, 0.6) is 0 Å². The van der Waals surface area contributed by atoms with Crippen molar-refractivity contribution in [2.45, 2.75) is 19.3 Å². The van der Waals surface area contributed by atoms with Gasteiger partial charge in [-0.15, -0.1) is 0 Å². The summed E-state index contributed by atoms with van der Waals surface area (Å²) in [6, 6.07) is 9.77. The molecule has 1 N–H and O–H groups in total. The van der Waals surface area contributed by atoms with E-state index in [0.29, 0.717) is 18.2 Å². The summed E-state index contributed by atoms with van der Waals surface area (Å²) in [6.45, 7) is 2.46. The van der Waals surface area contributed by atoms with Crippen LogP contribution >= 0.6 is 0 Å². The Morgan fingerprint density at radius 3 is 3.00 bits per heavy atom. The third-order valence-corrected chi connectivity index (χ3v) is 3.96. The Bertz CT molecular complexity index is 621. The first kappa shape index (κ1) is 14.0. The molecule has 1 atom stereocenters. The molecule has 3 rings (SSSR count). The molecule has 0 unspecified atom stereocenters. The highest BCUT2D eigenvalue weighted by Crippen LogP contribution is 2.17. The number of hydrogen-bond donors (Lipinski definition) is 1. The maximum absolute atomic E-state index is 12.1. The molecule has 0 saturated carbocycles. The second kappa shape index (κ2) is 6.68. The molecule has 0 radical (unpaired) electrons. The lowest BCUT2D eigenvalue weighted by molar-refractivity contribution is 0.0947. The quantitative estimate of drug-likeness (QED) is 0.859. The molecule has 2 aromatic rings. The van der Waals surface area contributed by atoms with Gasteiger partial charge in [0.15, 0.2) is 0 Å². The van der Waals surface area contributed by atoms with Crippen molar-refractivity contribution in [2.75, 3.05) is 19.8 Å². The summed E-state index contributed by atoms with van der Waals surface area (Å²) in [5.74, 6) is 0.573. The van der Waals surface area contributed by atoms with Crippen LogP contribution in [0.15, 0.2) is 36.5 Å². The van der Waals surface area contributed by atoms with Crippen LogP contribution in [0.4, 0.5) is 0 Å². The Morgan fingerprint density at radius 2 is 2.19 bits per heavy atom. The number of ether oxygens (including phenoxy) is 1. The minimum Gasteiger partial charge on any atom is -0.381 e. The van der Waals surface area contributed by atoms with Crippen LogP contribution in [-0.4, -0.2) is 30.6 Å². The SMILES string of the molecule is O=C(NCCC[C@@H]1CCOC1)c1cc2ccccc2cn1. The van der Waals surface area contributed by atoms with Crippen molar-refractivity contribution < 1.29 is 9.53 Å². The summed E-state index contributed by atoms with van der Waals surface area (Å²) in [5.41, 5.74) is 0.484. The number of aromatic nitrogens is 1. The molecule has 1 aliphatic rings. The zero-order valence-corrected chi connectivity index (χ0v) is 12.0. The van der Waals surface area contributed by atoms with Crippen molar-refractivity contribution in [3.8, 4) is 0 Å². The third-order valence-electron chi connectivity index (χ3n) is 3.96. The molecule has 1 aromatic heterocycles. The monoisotopic (exact) mass is 284 g/mol. The van der Waals surface area contributed by atoms with Gasteiger partial charge in [0.2, 0.25) is 0 Å². The fraction of sp³-hybridized carbons (Fsp3) is 0.412. The van der Waals surface area contributed by atoms with Crippen LogP contribution in [0.1, 0.15) is 29.8 Å². The van der Waals surface area contributed by atoms with E-state index in [4.69, 9.17) is 4.74 Å². The van der Waals surface area contributed by atoms with Crippen LogP contribution < -0.4 is 5.32 Å². The molecule has 2 heterocycles. The predicted molar refractivity (Wildman–Crippen MR) is 82.2 cm³/mol. The Morgan fingerprint density at radius 1 is 1.33 bits per heavy atom. The van der Waals surface area contributed by atoms with E-state index in [1.165, 1.54) is 0 Å². The largest absolute Gasteiger partial charge is 0.381 e. The summed E-state index contributed by atoms with van der Waals surface area (Å²) >= 11 is 0. The average Bonchev–Trinajstić information content (AvgIpc) is 3.04. The van der Waals surface area contributed by atoms with Crippen molar-refractivity contribution in [1.82, 2.24) is 10.3 Å². The van der Waals surface area contributed by atoms with Gasteiger partial charge in [-0.05, 0) is 36.6 Å². The molecule has 4 heteroatoms. The van der Waals surface area contributed by atoms with E-state index >= 15 is 0 Å². The maximum Gasteiger partial charge on any atom is 0.269 e. The average molecular weight is 284 g/mol. The maximum atomic E-state index is 12.1. The van der Waals surface area contributed by atoms with Crippen LogP contribution in [0, 0.1) is 5.92 Å². The van der Waals surface area contributed by atoms with Gasteiger partial charge in [-0.3, -0.25) is 9.78 Å². The lowest BCUT2D eigenvalue weighted by Gasteiger charge is -2.08. The first-order valence-corrected chi connectivity index (χ1v) is 7.53. The van der Waals surface area contributed by atoms with Crippen molar-refractivity contribution in [3.05, 3.63) is 42.2 Å². The molecule has 4 nitrogen and oxygen atoms in total. The normalized spacial score (nSPS) is 18.0. The van der Waals surface area contributed by atoms with Gasteiger partial charge in [-0.1, -0.05) is 24.3 Å². The molecule has 1 aromatic carbocycles. The molecular formula is C17H20N2O2. The van der Waals surface area contributed by atoms with E-state index < -0.39 is 0 Å². The number of carbonyl (C=O) groups excluding carboxylic acids is 1. The number of amides is 1. The molecule has 0 spiro atoms. The Hall–Kier alpha value is -1.94. The molecule has 1 amide bonds. The topological polar surface area (TPSA) is 51.2 Å². The zero-order valence-electron chi connectivity index (χ0n) is 12.0. The highest BCUT2D eigenvalue weighted by Gasteiger charge is 2.15. The second-order valence-electron chi connectivity index (χ2n) is 5.54.